The Morgan fingerprint density at radius 1 is 1.27 bits per heavy atom. The molecule has 122 valence electrons. The molecule has 1 aliphatic heterocycles. The highest BCUT2D eigenvalue weighted by Gasteiger charge is 2.42. The van der Waals surface area contributed by atoms with E-state index in [1.54, 1.807) is 0 Å². The molecule has 2 aliphatic rings. The molecule has 3 nitrogen and oxygen atoms in total. The van der Waals surface area contributed by atoms with Gasteiger partial charge in [-0.15, -0.1) is 0 Å². The molecule has 22 heavy (non-hydrogen) atoms. The Hall–Kier alpha value is -0.900. The third kappa shape index (κ3) is 4.31. The minimum atomic E-state index is 0.366. The second-order valence-electron chi connectivity index (χ2n) is 7.20. The average Bonchev–Trinajstić information content (AvgIpc) is 3.31. The number of hydrogen-bond donors (Lipinski definition) is 1. The molecule has 0 bridgehead atoms. The molecule has 1 saturated carbocycles. The number of hydrogen-bond acceptors (Lipinski definition) is 3. The first-order valence-electron chi connectivity index (χ1n) is 8.66. The number of ether oxygens (including phenoxy) is 2. The average molecular weight is 303 g/mol. The van der Waals surface area contributed by atoms with Gasteiger partial charge in [0.1, 0.15) is 0 Å². The lowest BCUT2D eigenvalue weighted by molar-refractivity contribution is -0.0390. The monoisotopic (exact) mass is 303 g/mol. The molecule has 1 N–H and O–H groups in total. The van der Waals surface area contributed by atoms with Gasteiger partial charge in [0.25, 0.3) is 0 Å². The van der Waals surface area contributed by atoms with E-state index in [4.69, 9.17) is 9.47 Å². The van der Waals surface area contributed by atoms with Crippen molar-refractivity contribution in [3.63, 3.8) is 0 Å². The van der Waals surface area contributed by atoms with Crippen LogP contribution in [0.5, 0.6) is 0 Å². The van der Waals surface area contributed by atoms with Gasteiger partial charge in [-0.25, -0.2) is 0 Å². The lowest BCUT2D eigenvalue weighted by Crippen LogP contribution is -2.32. The van der Waals surface area contributed by atoms with Crippen molar-refractivity contribution in [3.8, 4) is 0 Å². The highest BCUT2D eigenvalue weighted by atomic mass is 16.5. The van der Waals surface area contributed by atoms with Gasteiger partial charge < -0.3 is 14.8 Å². The molecule has 0 radical (unpaired) electrons. The SMILES string of the molecule is C[C@@H](NCc1cccc(COC2CCOCC2)c1)C1(C)CC1. The van der Waals surface area contributed by atoms with Gasteiger partial charge in [0.2, 0.25) is 0 Å². The maximum atomic E-state index is 6.01. The molecule has 1 heterocycles. The van der Waals surface area contributed by atoms with Crippen LogP contribution in [0.1, 0.15) is 50.7 Å². The fraction of sp³-hybridized carbons (Fsp3) is 0.684. The first kappa shape index (κ1) is 16.0. The molecule has 1 aromatic carbocycles. The zero-order valence-corrected chi connectivity index (χ0v) is 13.9. The van der Waals surface area contributed by atoms with Gasteiger partial charge in [0, 0.05) is 25.8 Å². The van der Waals surface area contributed by atoms with Gasteiger partial charge >= 0.3 is 0 Å². The molecule has 1 atom stereocenters. The van der Waals surface area contributed by atoms with Crippen molar-refractivity contribution < 1.29 is 9.47 Å². The van der Waals surface area contributed by atoms with Crippen LogP contribution in [-0.4, -0.2) is 25.4 Å². The van der Waals surface area contributed by atoms with Crippen LogP contribution in [0, 0.1) is 5.41 Å². The van der Waals surface area contributed by atoms with Crippen molar-refractivity contribution in [1.82, 2.24) is 5.32 Å². The summed E-state index contributed by atoms with van der Waals surface area (Å²) in [6, 6.07) is 9.37. The second-order valence-corrected chi connectivity index (χ2v) is 7.20. The summed E-state index contributed by atoms with van der Waals surface area (Å²) in [5, 5.41) is 3.68. The van der Waals surface area contributed by atoms with Crippen molar-refractivity contribution in [2.24, 2.45) is 5.41 Å². The molecule has 2 fully saturated rings. The standard InChI is InChI=1S/C19H29NO2/c1-15(19(2)8-9-19)20-13-16-4-3-5-17(12-16)14-22-18-6-10-21-11-7-18/h3-5,12,15,18,20H,6-11,13-14H2,1-2H3/t15-/m1/s1. The Balaban J connectivity index is 1.46. The van der Waals surface area contributed by atoms with Crippen LogP contribution in [0.2, 0.25) is 0 Å². The largest absolute Gasteiger partial charge is 0.381 e. The normalized spacial score (nSPS) is 22.5. The minimum absolute atomic E-state index is 0.366. The molecule has 3 heteroatoms. The molecule has 1 saturated heterocycles. The third-order valence-corrected chi connectivity index (χ3v) is 5.34. The smallest absolute Gasteiger partial charge is 0.0720 e. The zero-order chi connectivity index (χ0) is 15.4. The predicted molar refractivity (Wildman–Crippen MR) is 88.7 cm³/mol. The van der Waals surface area contributed by atoms with Crippen LogP contribution in [0.3, 0.4) is 0 Å². The summed E-state index contributed by atoms with van der Waals surface area (Å²) in [6.07, 6.45) is 5.14. The predicted octanol–water partition coefficient (Wildman–Crippen LogP) is 3.66. The summed E-state index contributed by atoms with van der Waals surface area (Å²) in [5.41, 5.74) is 3.16. The first-order chi connectivity index (χ1) is 10.7. The number of rotatable bonds is 7. The molecule has 3 rings (SSSR count). The van der Waals surface area contributed by atoms with Crippen LogP contribution < -0.4 is 5.32 Å². The molecule has 0 unspecified atom stereocenters. The fourth-order valence-corrected chi connectivity index (χ4v) is 3.03. The lowest BCUT2D eigenvalue weighted by atomic mass is 10.0. The van der Waals surface area contributed by atoms with E-state index >= 15 is 0 Å². The van der Waals surface area contributed by atoms with Crippen molar-refractivity contribution in [1.29, 1.82) is 0 Å². The molecule has 1 aliphatic carbocycles. The lowest BCUT2D eigenvalue weighted by Gasteiger charge is -2.23. The van der Waals surface area contributed by atoms with Crippen LogP contribution in [0.15, 0.2) is 24.3 Å². The summed E-state index contributed by atoms with van der Waals surface area (Å²) in [6.45, 7) is 8.03. The van der Waals surface area contributed by atoms with E-state index in [-0.39, 0.29) is 0 Å². The summed E-state index contributed by atoms with van der Waals surface area (Å²) < 4.78 is 11.4. The molecule has 1 aromatic rings. The quantitative estimate of drug-likeness (QED) is 0.834. The van der Waals surface area contributed by atoms with Crippen LogP contribution >= 0.6 is 0 Å². The molecule has 0 aromatic heterocycles. The molecular weight excluding hydrogens is 274 g/mol. The fourth-order valence-electron chi connectivity index (χ4n) is 3.03. The Morgan fingerprint density at radius 3 is 2.73 bits per heavy atom. The Labute approximate surface area is 134 Å². The van der Waals surface area contributed by atoms with Crippen molar-refractivity contribution in [2.45, 2.75) is 64.8 Å². The summed E-state index contributed by atoms with van der Waals surface area (Å²) in [5.74, 6) is 0. The van der Waals surface area contributed by atoms with Gasteiger partial charge in [-0.2, -0.15) is 0 Å². The van der Waals surface area contributed by atoms with Gasteiger partial charge in [0.05, 0.1) is 12.7 Å². The van der Waals surface area contributed by atoms with E-state index in [0.717, 1.165) is 32.6 Å². The van der Waals surface area contributed by atoms with Crippen LogP contribution in [0.25, 0.3) is 0 Å². The van der Waals surface area contributed by atoms with Gasteiger partial charge in [-0.1, -0.05) is 31.2 Å². The van der Waals surface area contributed by atoms with Crippen molar-refractivity contribution >= 4 is 0 Å². The van der Waals surface area contributed by atoms with Gasteiger partial charge in [-0.05, 0) is 49.1 Å². The van der Waals surface area contributed by atoms with E-state index < -0.39 is 0 Å². The third-order valence-electron chi connectivity index (χ3n) is 5.34. The topological polar surface area (TPSA) is 30.5 Å². The molecule has 0 amide bonds. The van der Waals surface area contributed by atoms with Gasteiger partial charge in [-0.3, -0.25) is 0 Å². The Morgan fingerprint density at radius 2 is 2.00 bits per heavy atom. The zero-order valence-electron chi connectivity index (χ0n) is 13.9. The maximum absolute atomic E-state index is 6.01. The summed E-state index contributed by atoms with van der Waals surface area (Å²) >= 11 is 0. The van der Waals surface area contributed by atoms with Crippen molar-refractivity contribution in [2.75, 3.05) is 13.2 Å². The highest BCUT2D eigenvalue weighted by molar-refractivity contribution is 5.23. The minimum Gasteiger partial charge on any atom is -0.381 e. The van der Waals surface area contributed by atoms with Gasteiger partial charge in [0.15, 0.2) is 0 Å². The first-order valence-corrected chi connectivity index (χ1v) is 8.66. The van der Waals surface area contributed by atoms with E-state index in [9.17, 15) is 0 Å². The number of benzene rings is 1. The van der Waals surface area contributed by atoms with E-state index in [2.05, 4.69) is 43.4 Å². The number of nitrogens with one attached hydrogen (secondary N) is 1. The highest BCUT2D eigenvalue weighted by Crippen LogP contribution is 2.47. The van der Waals surface area contributed by atoms with E-state index in [1.807, 2.05) is 0 Å². The molecular formula is C19H29NO2. The summed E-state index contributed by atoms with van der Waals surface area (Å²) in [7, 11) is 0. The van der Waals surface area contributed by atoms with Crippen LogP contribution in [-0.2, 0) is 22.6 Å². The summed E-state index contributed by atoms with van der Waals surface area (Å²) in [4.78, 5) is 0. The molecule has 0 spiro atoms. The van der Waals surface area contributed by atoms with Crippen LogP contribution in [0.4, 0.5) is 0 Å². The van der Waals surface area contributed by atoms with E-state index in [1.165, 1.54) is 24.0 Å². The van der Waals surface area contributed by atoms with Crippen molar-refractivity contribution in [3.05, 3.63) is 35.4 Å². The second kappa shape index (κ2) is 7.12. The Bertz CT molecular complexity index is 478. The maximum Gasteiger partial charge on any atom is 0.0720 e. The van der Waals surface area contributed by atoms with E-state index in [0.29, 0.717) is 24.2 Å². The Kier molecular flexibility index (Phi) is 5.17.